The molecule has 162 valence electrons. The van der Waals surface area contributed by atoms with E-state index in [1.807, 2.05) is 73.7 Å². The number of hydrogen-bond donors (Lipinski definition) is 2. The highest BCUT2D eigenvalue weighted by molar-refractivity contribution is 7.80. The summed E-state index contributed by atoms with van der Waals surface area (Å²) in [6, 6.07) is 20.3. The number of para-hydroxylation sites is 1. The second-order valence-electron chi connectivity index (χ2n) is 6.99. The van der Waals surface area contributed by atoms with Gasteiger partial charge in [-0.2, -0.15) is 0 Å². The summed E-state index contributed by atoms with van der Waals surface area (Å²) in [5, 5.41) is 5.77. The molecule has 8 heteroatoms. The maximum absolute atomic E-state index is 12.1. The molecule has 0 aliphatic rings. The van der Waals surface area contributed by atoms with Crippen LogP contribution in [0.1, 0.15) is 5.56 Å². The van der Waals surface area contributed by atoms with Gasteiger partial charge in [0.15, 0.2) is 17.3 Å². The van der Waals surface area contributed by atoms with Gasteiger partial charge in [0.2, 0.25) is 5.89 Å². The summed E-state index contributed by atoms with van der Waals surface area (Å²) in [6.07, 6.45) is 0. The van der Waals surface area contributed by atoms with Crippen LogP contribution in [0.15, 0.2) is 71.1 Å². The first-order chi connectivity index (χ1) is 15.5. The van der Waals surface area contributed by atoms with Crippen LogP contribution in [0.3, 0.4) is 0 Å². The monoisotopic (exact) mass is 447 g/mol. The highest BCUT2D eigenvalue weighted by atomic mass is 32.1. The molecular weight excluding hydrogens is 426 g/mol. The normalized spacial score (nSPS) is 10.6. The molecule has 2 N–H and O–H groups in total. The quantitative estimate of drug-likeness (QED) is 0.414. The minimum atomic E-state index is -0.343. The number of rotatable bonds is 6. The second-order valence-corrected chi connectivity index (χ2v) is 7.39. The molecule has 0 radical (unpaired) electrons. The SMILES string of the molecule is COc1ccc2oc(-c3ccc(NC(=S)NC(=O)COc4ccccc4C)cc3)nc2c1. The molecule has 7 nitrogen and oxygen atoms in total. The lowest BCUT2D eigenvalue weighted by Gasteiger charge is -2.11. The molecular formula is C24H21N3O4S. The lowest BCUT2D eigenvalue weighted by Crippen LogP contribution is -2.37. The number of hydrogen-bond acceptors (Lipinski definition) is 6. The third kappa shape index (κ3) is 5.04. The molecule has 0 saturated carbocycles. The van der Waals surface area contributed by atoms with Crippen molar-refractivity contribution in [2.24, 2.45) is 0 Å². The number of carbonyl (C=O) groups is 1. The number of thiocarbonyl (C=S) groups is 1. The summed E-state index contributed by atoms with van der Waals surface area (Å²) in [5.74, 6) is 1.54. The van der Waals surface area contributed by atoms with E-state index in [0.717, 1.165) is 28.1 Å². The smallest absolute Gasteiger partial charge is 0.264 e. The summed E-state index contributed by atoms with van der Waals surface area (Å²) in [6.45, 7) is 1.79. The van der Waals surface area contributed by atoms with E-state index in [9.17, 15) is 4.79 Å². The van der Waals surface area contributed by atoms with E-state index in [2.05, 4.69) is 15.6 Å². The maximum atomic E-state index is 12.1. The molecule has 1 heterocycles. The molecule has 0 aliphatic heterocycles. The fourth-order valence-electron chi connectivity index (χ4n) is 3.04. The molecule has 0 spiro atoms. The van der Waals surface area contributed by atoms with Gasteiger partial charge >= 0.3 is 0 Å². The predicted molar refractivity (Wildman–Crippen MR) is 127 cm³/mol. The van der Waals surface area contributed by atoms with Crippen molar-refractivity contribution in [2.75, 3.05) is 19.0 Å². The Bertz CT molecular complexity index is 1270. The van der Waals surface area contributed by atoms with Crippen molar-refractivity contribution in [1.29, 1.82) is 0 Å². The van der Waals surface area contributed by atoms with Gasteiger partial charge in [-0.1, -0.05) is 18.2 Å². The van der Waals surface area contributed by atoms with Gasteiger partial charge in [-0.15, -0.1) is 0 Å². The number of benzene rings is 3. The zero-order valence-corrected chi connectivity index (χ0v) is 18.4. The van der Waals surface area contributed by atoms with Crippen LogP contribution < -0.4 is 20.1 Å². The topological polar surface area (TPSA) is 85.6 Å². The number of amides is 1. The lowest BCUT2D eigenvalue weighted by molar-refractivity contribution is -0.121. The molecule has 4 rings (SSSR count). The number of nitrogens with zero attached hydrogens (tertiary/aromatic N) is 1. The number of fused-ring (bicyclic) bond motifs is 1. The Morgan fingerprint density at radius 1 is 1.09 bits per heavy atom. The van der Waals surface area contributed by atoms with Crippen LogP contribution in [0.5, 0.6) is 11.5 Å². The average molecular weight is 448 g/mol. The van der Waals surface area contributed by atoms with Crippen molar-refractivity contribution < 1.29 is 18.7 Å². The molecule has 0 unspecified atom stereocenters. The van der Waals surface area contributed by atoms with E-state index < -0.39 is 0 Å². The molecule has 3 aromatic carbocycles. The van der Waals surface area contributed by atoms with E-state index >= 15 is 0 Å². The Balaban J connectivity index is 1.33. The molecule has 4 aromatic rings. The minimum Gasteiger partial charge on any atom is -0.497 e. The average Bonchev–Trinajstić information content (AvgIpc) is 3.22. The molecule has 1 aromatic heterocycles. The van der Waals surface area contributed by atoms with E-state index in [-0.39, 0.29) is 17.6 Å². The Hall–Kier alpha value is -3.91. The number of ether oxygens (including phenoxy) is 2. The number of oxazole rings is 1. The molecule has 0 atom stereocenters. The third-order valence-corrected chi connectivity index (χ3v) is 4.89. The van der Waals surface area contributed by atoms with E-state index in [1.165, 1.54) is 0 Å². The lowest BCUT2D eigenvalue weighted by atomic mass is 10.2. The Labute approximate surface area is 190 Å². The second kappa shape index (κ2) is 9.49. The van der Waals surface area contributed by atoms with Gasteiger partial charge in [0.1, 0.15) is 17.0 Å². The fourth-order valence-corrected chi connectivity index (χ4v) is 3.27. The Morgan fingerprint density at radius 2 is 1.88 bits per heavy atom. The van der Waals surface area contributed by atoms with Crippen LogP contribution >= 0.6 is 12.2 Å². The van der Waals surface area contributed by atoms with Crippen molar-refractivity contribution in [3.63, 3.8) is 0 Å². The van der Waals surface area contributed by atoms with E-state index in [1.54, 1.807) is 7.11 Å². The standard InChI is InChI=1S/C24H21N3O4S/c1-15-5-3-4-6-20(15)30-14-22(28)27-24(32)25-17-9-7-16(8-10-17)23-26-19-13-18(29-2)11-12-21(19)31-23/h3-13H,14H2,1-2H3,(H2,25,27,28,32). The van der Waals surface area contributed by atoms with Gasteiger partial charge in [0.05, 0.1) is 7.11 Å². The predicted octanol–water partition coefficient (Wildman–Crippen LogP) is 4.70. The number of carbonyl (C=O) groups excluding carboxylic acids is 1. The first-order valence-corrected chi connectivity index (χ1v) is 10.3. The fraction of sp³-hybridized carbons (Fsp3) is 0.125. The van der Waals surface area contributed by atoms with Gasteiger partial charge in [0, 0.05) is 17.3 Å². The highest BCUT2D eigenvalue weighted by Crippen LogP contribution is 2.27. The number of anilines is 1. The first-order valence-electron chi connectivity index (χ1n) is 9.86. The number of aromatic nitrogens is 1. The largest absolute Gasteiger partial charge is 0.497 e. The zero-order chi connectivity index (χ0) is 22.5. The molecule has 0 aliphatic carbocycles. The molecule has 32 heavy (non-hydrogen) atoms. The Morgan fingerprint density at radius 3 is 2.62 bits per heavy atom. The van der Waals surface area contributed by atoms with Crippen molar-refractivity contribution in [1.82, 2.24) is 10.3 Å². The van der Waals surface area contributed by atoms with Crippen LogP contribution in [0.25, 0.3) is 22.6 Å². The number of nitrogens with one attached hydrogen (secondary N) is 2. The van der Waals surface area contributed by atoms with Crippen molar-refractivity contribution >= 4 is 40.0 Å². The van der Waals surface area contributed by atoms with Crippen LogP contribution in [0, 0.1) is 6.92 Å². The van der Waals surface area contributed by atoms with Crippen molar-refractivity contribution in [3.8, 4) is 23.0 Å². The van der Waals surface area contributed by atoms with Gasteiger partial charge in [0.25, 0.3) is 5.91 Å². The van der Waals surface area contributed by atoms with Crippen molar-refractivity contribution in [3.05, 3.63) is 72.3 Å². The van der Waals surface area contributed by atoms with Crippen LogP contribution in [0.2, 0.25) is 0 Å². The molecule has 0 fully saturated rings. The Kier molecular flexibility index (Phi) is 6.32. The minimum absolute atomic E-state index is 0.131. The van der Waals surface area contributed by atoms with Gasteiger partial charge < -0.3 is 19.2 Å². The highest BCUT2D eigenvalue weighted by Gasteiger charge is 2.10. The van der Waals surface area contributed by atoms with Crippen molar-refractivity contribution in [2.45, 2.75) is 6.92 Å². The van der Waals surface area contributed by atoms with Crippen LogP contribution in [-0.4, -0.2) is 29.7 Å². The summed E-state index contributed by atoms with van der Waals surface area (Å²) in [5.41, 5.74) is 3.89. The van der Waals surface area contributed by atoms with E-state index in [0.29, 0.717) is 17.2 Å². The van der Waals surface area contributed by atoms with Gasteiger partial charge in [-0.25, -0.2) is 4.98 Å². The molecule has 0 bridgehead atoms. The summed E-state index contributed by atoms with van der Waals surface area (Å²) < 4.78 is 16.6. The first kappa shape index (κ1) is 21.3. The van der Waals surface area contributed by atoms with Crippen LogP contribution in [-0.2, 0) is 4.79 Å². The third-order valence-electron chi connectivity index (χ3n) is 4.69. The van der Waals surface area contributed by atoms with Gasteiger partial charge in [-0.05, 0) is 67.2 Å². The molecule has 0 saturated heterocycles. The number of aryl methyl sites for hydroxylation is 1. The van der Waals surface area contributed by atoms with Crippen LogP contribution in [0.4, 0.5) is 5.69 Å². The summed E-state index contributed by atoms with van der Waals surface area (Å²) in [4.78, 5) is 16.6. The zero-order valence-electron chi connectivity index (χ0n) is 17.5. The van der Waals surface area contributed by atoms with E-state index in [4.69, 9.17) is 26.1 Å². The summed E-state index contributed by atoms with van der Waals surface area (Å²) >= 11 is 5.22. The van der Waals surface area contributed by atoms with Gasteiger partial charge in [-0.3, -0.25) is 10.1 Å². The maximum Gasteiger partial charge on any atom is 0.264 e. The summed E-state index contributed by atoms with van der Waals surface area (Å²) in [7, 11) is 1.61. The number of methoxy groups -OCH3 is 1. The molecule has 1 amide bonds.